The van der Waals surface area contributed by atoms with Gasteiger partial charge in [-0.05, 0) is 12.3 Å². The van der Waals surface area contributed by atoms with Crippen molar-refractivity contribution in [3.8, 4) is 0 Å². The Bertz CT molecular complexity index is 410. The quantitative estimate of drug-likeness (QED) is 0.897. The first kappa shape index (κ1) is 13.5. The molecule has 17 heavy (non-hydrogen) atoms. The molecule has 1 amide bonds. The van der Waals surface area contributed by atoms with Gasteiger partial charge in [0.1, 0.15) is 5.69 Å². The molecule has 7 heteroatoms. The van der Waals surface area contributed by atoms with Gasteiger partial charge in [-0.15, -0.1) is 0 Å². The summed E-state index contributed by atoms with van der Waals surface area (Å²) in [5.41, 5.74) is 0.329. The minimum absolute atomic E-state index is 0.195. The number of rotatable bonds is 3. The molecule has 1 aromatic heterocycles. The van der Waals surface area contributed by atoms with Gasteiger partial charge in [-0.1, -0.05) is 13.8 Å². The Balaban J connectivity index is 2.87. The Labute approximate surface area is 96.2 Å². The number of aryl methyl sites for hydroxylation is 1. The van der Waals surface area contributed by atoms with Crippen molar-refractivity contribution in [1.29, 1.82) is 0 Å². The molecule has 0 unspecified atom stereocenters. The summed E-state index contributed by atoms with van der Waals surface area (Å²) in [5, 5.41) is 1.68. The van der Waals surface area contributed by atoms with Gasteiger partial charge in [-0.2, -0.15) is 13.2 Å². The highest BCUT2D eigenvalue weighted by Crippen LogP contribution is 2.23. The van der Waals surface area contributed by atoms with Crippen LogP contribution in [-0.2, 0) is 11.2 Å². The summed E-state index contributed by atoms with van der Waals surface area (Å²) < 4.78 is 41.1. The van der Waals surface area contributed by atoms with Crippen LogP contribution in [0.5, 0.6) is 0 Å². The number of nitrogens with one attached hydrogen (secondary N) is 1. The topological polar surface area (TPSA) is 55.1 Å². The first-order chi connectivity index (χ1) is 7.70. The molecule has 0 radical (unpaired) electrons. The lowest BCUT2D eigenvalue weighted by Gasteiger charge is -2.07. The fourth-order valence-corrected chi connectivity index (χ4v) is 1.27. The minimum Gasteiger partial charge on any atom is -0.425 e. The Hall–Kier alpha value is -1.53. The molecule has 1 aromatic rings. The van der Waals surface area contributed by atoms with Gasteiger partial charge >= 0.3 is 12.1 Å². The van der Waals surface area contributed by atoms with E-state index >= 15 is 0 Å². The maximum absolute atomic E-state index is 12.1. The van der Waals surface area contributed by atoms with E-state index in [1.165, 1.54) is 6.92 Å². The zero-order chi connectivity index (χ0) is 13.2. The molecule has 1 heterocycles. The van der Waals surface area contributed by atoms with Crippen molar-refractivity contribution in [1.82, 2.24) is 4.98 Å². The number of halogens is 3. The molecular formula is C10H13F3N2O2. The summed E-state index contributed by atoms with van der Waals surface area (Å²) in [7, 11) is 0. The van der Waals surface area contributed by atoms with Crippen molar-refractivity contribution in [3.63, 3.8) is 0 Å². The normalized spacial score (nSPS) is 11.9. The maximum Gasteiger partial charge on any atom is 0.471 e. The van der Waals surface area contributed by atoms with Crippen molar-refractivity contribution in [2.75, 3.05) is 5.32 Å². The summed E-state index contributed by atoms with van der Waals surface area (Å²) in [4.78, 5) is 14.7. The van der Waals surface area contributed by atoms with Gasteiger partial charge in [0.2, 0.25) is 5.88 Å². The van der Waals surface area contributed by atoms with Crippen molar-refractivity contribution in [2.45, 2.75) is 33.4 Å². The molecule has 0 spiro atoms. The number of nitrogens with zero attached hydrogens (tertiary/aromatic N) is 1. The predicted octanol–water partition coefficient (Wildman–Crippen LogP) is 2.68. The van der Waals surface area contributed by atoms with Gasteiger partial charge < -0.3 is 4.42 Å². The number of amides is 1. The Morgan fingerprint density at radius 2 is 2.06 bits per heavy atom. The van der Waals surface area contributed by atoms with Crippen molar-refractivity contribution in [2.24, 2.45) is 5.92 Å². The van der Waals surface area contributed by atoms with Crippen LogP contribution >= 0.6 is 0 Å². The van der Waals surface area contributed by atoms with E-state index in [0.717, 1.165) is 0 Å². The van der Waals surface area contributed by atoms with Gasteiger partial charge in [0.05, 0.1) is 0 Å². The second-order valence-corrected chi connectivity index (χ2v) is 4.06. The van der Waals surface area contributed by atoms with E-state index in [1.54, 1.807) is 5.32 Å². The molecule has 0 atom stereocenters. The zero-order valence-corrected chi connectivity index (χ0v) is 9.68. The number of carbonyl (C=O) groups is 1. The van der Waals surface area contributed by atoms with Crippen LogP contribution in [0.25, 0.3) is 0 Å². The fraction of sp³-hybridized carbons (Fsp3) is 0.600. The molecule has 1 rings (SSSR count). The third-order valence-electron chi connectivity index (χ3n) is 1.89. The second kappa shape index (κ2) is 4.77. The highest BCUT2D eigenvalue weighted by atomic mass is 19.4. The van der Waals surface area contributed by atoms with Crippen LogP contribution in [0.15, 0.2) is 4.42 Å². The minimum atomic E-state index is -4.93. The summed E-state index contributed by atoms with van der Waals surface area (Å²) in [5.74, 6) is -1.86. The number of carbonyl (C=O) groups excluding carboxylic acids is 1. The van der Waals surface area contributed by atoms with Crippen molar-refractivity contribution >= 4 is 11.8 Å². The van der Waals surface area contributed by atoms with Gasteiger partial charge in [-0.3, -0.25) is 10.1 Å². The molecule has 0 saturated carbocycles. The highest BCUT2D eigenvalue weighted by molar-refractivity contribution is 5.94. The monoisotopic (exact) mass is 250 g/mol. The number of hydrogen-bond donors (Lipinski definition) is 1. The van der Waals surface area contributed by atoms with Gasteiger partial charge in [-0.25, -0.2) is 4.98 Å². The molecule has 0 bridgehead atoms. The van der Waals surface area contributed by atoms with Crippen LogP contribution in [0.1, 0.15) is 25.4 Å². The molecular weight excluding hydrogens is 237 g/mol. The van der Waals surface area contributed by atoms with Crippen molar-refractivity contribution in [3.05, 3.63) is 11.6 Å². The fourth-order valence-electron chi connectivity index (χ4n) is 1.27. The van der Waals surface area contributed by atoms with Crippen molar-refractivity contribution < 1.29 is 22.4 Å². The largest absolute Gasteiger partial charge is 0.471 e. The van der Waals surface area contributed by atoms with Crippen LogP contribution in [0, 0.1) is 12.8 Å². The van der Waals surface area contributed by atoms with E-state index in [-0.39, 0.29) is 17.7 Å². The van der Waals surface area contributed by atoms with E-state index in [1.807, 2.05) is 13.8 Å². The van der Waals surface area contributed by atoms with E-state index in [9.17, 15) is 18.0 Å². The van der Waals surface area contributed by atoms with E-state index in [2.05, 4.69) is 4.98 Å². The lowest BCUT2D eigenvalue weighted by Crippen LogP contribution is -2.30. The molecule has 0 saturated heterocycles. The smallest absolute Gasteiger partial charge is 0.425 e. The summed E-state index contributed by atoms with van der Waals surface area (Å²) in [6, 6.07) is 0. The Morgan fingerprint density at radius 1 is 1.47 bits per heavy atom. The van der Waals surface area contributed by atoms with Crippen LogP contribution in [0.2, 0.25) is 0 Å². The van der Waals surface area contributed by atoms with Gasteiger partial charge in [0.15, 0.2) is 5.89 Å². The third-order valence-corrected chi connectivity index (χ3v) is 1.89. The molecule has 4 nitrogen and oxygen atoms in total. The van der Waals surface area contributed by atoms with Crippen LogP contribution in [0.4, 0.5) is 19.1 Å². The summed E-state index contributed by atoms with van der Waals surface area (Å²) in [6.07, 6.45) is -4.50. The molecule has 96 valence electrons. The first-order valence-corrected chi connectivity index (χ1v) is 5.04. The first-order valence-electron chi connectivity index (χ1n) is 5.04. The molecule has 0 aliphatic heterocycles. The van der Waals surface area contributed by atoms with E-state index in [4.69, 9.17) is 4.42 Å². The Kier molecular flexibility index (Phi) is 3.79. The number of hydrogen-bond acceptors (Lipinski definition) is 3. The van der Waals surface area contributed by atoms with E-state index < -0.39 is 12.1 Å². The van der Waals surface area contributed by atoms with Crippen LogP contribution in [0.3, 0.4) is 0 Å². The second-order valence-electron chi connectivity index (χ2n) is 4.06. The number of anilines is 1. The number of aromatic nitrogens is 1. The zero-order valence-electron chi connectivity index (χ0n) is 9.68. The molecule has 0 aliphatic carbocycles. The highest BCUT2D eigenvalue weighted by Gasteiger charge is 2.39. The predicted molar refractivity (Wildman–Crippen MR) is 54.5 cm³/mol. The van der Waals surface area contributed by atoms with Crippen LogP contribution < -0.4 is 5.32 Å². The summed E-state index contributed by atoms with van der Waals surface area (Å²) in [6.45, 7) is 5.28. The standard InChI is InChI=1S/C10H13F3N2O2/c1-5(2)4-7-8(17-6(3)14-7)15-9(16)10(11,12)13/h5H,4H2,1-3H3,(H,15,16). The van der Waals surface area contributed by atoms with E-state index in [0.29, 0.717) is 12.1 Å². The average Bonchev–Trinajstić information content (AvgIpc) is 2.43. The maximum atomic E-state index is 12.1. The molecule has 0 aliphatic rings. The SMILES string of the molecule is Cc1nc(CC(C)C)c(NC(=O)C(F)(F)F)o1. The number of alkyl halides is 3. The van der Waals surface area contributed by atoms with Crippen LogP contribution in [-0.4, -0.2) is 17.1 Å². The lowest BCUT2D eigenvalue weighted by atomic mass is 10.1. The third kappa shape index (κ3) is 3.76. The van der Waals surface area contributed by atoms with Gasteiger partial charge in [0, 0.05) is 6.92 Å². The molecule has 0 aromatic carbocycles. The summed E-state index contributed by atoms with van der Waals surface area (Å²) >= 11 is 0. The molecule has 1 N–H and O–H groups in total. The Morgan fingerprint density at radius 3 is 2.53 bits per heavy atom. The lowest BCUT2D eigenvalue weighted by molar-refractivity contribution is -0.167. The van der Waals surface area contributed by atoms with Gasteiger partial charge in [0.25, 0.3) is 0 Å². The molecule has 0 fully saturated rings. The number of oxazole rings is 1. The average molecular weight is 250 g/mol.